The summed E-state index contributed by atoms with van der Waals surface area (Å²) in [7, 11) is 0. The summed E-state index contributed by atoms with van der Waals surface area (Å²) in [6.45, 7) is -0.701. The second-order valence-corrected chi connectivity index (χ2v) is 4.35. The van der Waals surface area contributed by atoms with E-state index < -0.39 is 12.7 Å². The van der Waals surface area contributed by atoms with Crippen molar-refractivity contribution in [3.63, 3.8) is 0 Å². The maximum absolute atomic E-state index is 12.3. The molecule has 1 rings (SSSR count). The van der Waals surface area contributed by atoms with Gasteiger partial charge in [0.25, 0.3) is 0 Å². The summed E-state index contributed by atoms with van der Waals surface area (Å²) >= 11 is 6.40. The van der Waals surface area contributed by atoms with Gasteiger partial charge >= 0.3 is 0 Å². The van der Waals surface area contributed by atoms with Crippen LogP contribution in [0.25, 0.3) is 0 Å². The van der Waals surface area contributed by atoms with Crippen LogP contribution in [-0.4, -0.2) is 11.8 Å². The van der Waals surface area contributed by atoms with Crippen LogP contribution in [0.15, 0.2) is 21.1 Å². The van der Waals surface area contributed by atoms with Gasteiger partial charge in [-0.2, -0.15) is 0 Å². The summed E-state index contributed by atoms with van der Waals surface area (Å²) in [6.07, 6.45) is 0. The standard InChI is InChI=1S/C8H8Br2FNO.ClH/c9-4-1-5(10)8(6(12)3-11)7(13)2-4;/h1-2,6,13H,3,12H2;1H/t6-;/m1./s1. The number of aromatic hydroxyl groups is 1. The molecule has 0 amide bonds. The van der Waals surface area contributed by atoms with E-state index in [1.165, 1.54) is 6.07 Å². The average molecular weight is 349 g/mol. The second-order valence-electron chi connectivity index (χ2n) is 2.58. The number of phenolic OH excluding ortho intramolecular Hbond substituents is 1. The Bertz CT molecular complexity index is 301. The van der Waals surface area contributed by atoms with Crippen molar-refractivity contribution in [2.45, 2.75) is 6.04 Å². The molecule has 1 atom stereocenters. The first-order chi connectivity index (χ1) is 6.06. The van der Waals surface area contributed by atoms with Crippen LogP contribution in [0.2, 0.25) is 0 Å². The highest BCUT2D eigenvalue weighted by Crippen LogP contribution is 2.34. The Kier molecular flexibility index (Phi) is 5.97. The highest BCUT2D eigenvalue weighted by atomic mass is 79.9. The van der Waals surface area contributed by atoms with Crippen LogP contribution in [0.4, 0.5) is 4.39 Å². The van der Waals surface area contributed by atoms with Gasteiger partial charge in [-0.1, -0.05) is 31.9 Å². The van der Waals surface area contributed by atoms with Gasteiger partial charge < -0.3 is 10.8 Å². The predicted octanol–water partition coefficient (Wildman–Crippen LogP) is 3.31. The lowest BCUT2D eigenvalue weighted by molar-refractivity contribution is 0.413. The molecule has 2 nitrogen and oxygen atoms in total. The Labute approximate surface area is 104 Å². The zero-order valence-corrected chi connectivity index (χ0v) is 11.0. The lowest BCUT2D eigenvalue weighted by atomic mass is 10.1. The minimum atomic E-state index is -0.789. The first-order valence-electron chi connectivity index (χ1n) is 3.55. The van der Waals surface area contributed by atoms with Crippen LogP contribution in [0.1, 0.15) is 11.6 Å². The molecule has 0 saturated heterocycles. The van der Waals surface area contributed by atoms with Crippen LogP contribution in [-0.2, 0) is 0 Å². The van der Waals surface area contributed by atoms with Gasteiger partial charge in [-0.05, 0) is 12.1 Å². The van der Waals surface area contributed by atoms with Crippen molar-refractivity contribution in [3.05, 3.63) is 26.6 Å². The van der Waals surface area contributed by atoms with E-state index in [1.54, 1.807) is 6.07 Å². The molecule has 14 heavy (non-hydrogen) atoms. The summed E-state index contributed by atoms with van der Waals surface area (Å²) in [4.78, 5) is 0. The quantitative estimate of drug-likeness (QED) is 0.860. The average Bonchev–Trinajstić information content (AvgIpc) is 2.02. The van der Waals surface area contributed by atoms with Crippen molar-refractivity contribution in [1.82, 2.24) is 0 Å². The molecule has 1 aromatic carbocycles. The first-order valence-corrected chi connectivity index (χ1v) is 5.14. The molecule has 6 heteroatoms. The molecule has 0 heterocycles. The van der Waals surface area contributed by atoms with Crippen LogP contribution in [0.3, 0.4) is 0 Å². The number of phenols is 1. The number of hydrogen-bond acceptors (Lipinski definition) is 2. The Morgan fingerprint density at radius 2 is 2.00 bits per heavy atom. The van der Waals surface area contributed by atoms with E-state index in [9.17, 15) is 9.50 Å². The van der Waals surface area contributed by atoms with E-state index in [0.29, 0.717) is 14.5 Å². The van der Waals surface area contributed by atoms with Gasteiger partial charge in [-0.3, -0.25) is 0 Å². The number of alkyl halides is 1. The fourth-order valence-electron chi connectivity index (χ4n) is 1.02. The normalized spacial score (nSPS) is 12.0. The Morgan fingerprint density at radius 1 is 1.43 bits per heavy atom. The molecular weight excluding hydrogens is 340 g/mol. The van der Waals surface area contributed by atoms with Crippen LogP contribution < -0.4 is 5.73 Å². The summed E-state index contributed by atoms with van der Waals surface area (Å²) in [5.74, 6) is -0.00796. The highest BCUT2D eigenvalue weighted by Gasteiger charge is 2.15. The van der Waals surface area contributed by atoms with E-state index in [2.05, 4.69) is 31.9 Å². The molecule has 0 aliphatic heterocycles. The predicted molar refractivity (Wildman–Crippen MR) is 63.7 cm³/mol. The largest absolute Gasteiger partial charge is 0.508 e. The minimum absolute atomic E-state index is 0. The van der Waals surface area contributed by atoms with Gasteiger partial charge in [-0.15, -0.1) is 12.4 Å². The maximum atomic E-state index is 12.3. The van der Waals surface area contributed by atoms with Gasteiger partial charge in [-0.25, -0.2) is 4.39 Å². The van der Waals surface area contributed by atoms with Crippen molar-refractivity contribution in [2.75, 3.05) is 6.67 Å². The third-order valence-electron chi connectivity index (χ3n) is 1.61. The monoisotopic (exact) mass is 347 g/mol. The lowest BCUT2D eigenvalue weighted by Crippen LogP contribution is -2.13. The number of halogens is 4. The molecule has 0 bridgehead atoms. The minimum Gasteiger partial charge on any atom is -0.508 e. The summed E-state index contributed by atoms with van der Waals surface area (Å²) < 4.78 is 13.6. The number of hydrogen-bond donors (Lipinski definition) is 2. The summed E-state index contributed by atoms with van der Waals surface area (Å²) in [5, 5.41) is 9.47. The van der Waals surface area contributed by atoms with Gasteiger partial charge in [0, 0.05) is 14.5 Å². The third kappa shape index (κ3) is 3.08. The van der Waals surface area contributed by atoms with Gasteiger partial charge in [0.05, 0.1) is 6.04 Å². The second kappa shape index (κ2) is 5.90. The summed E-state index contributed by atoms with van der Waals surface area (Å²) in [5.41, 5.74) is 5.86. The molecule has 0 radical (unpaired) electrons. The maximum Gasteiger partial charge on any atom is 0.122 e. The molecule has 0 saturated carbocycles. The van der Waals surface area contributed by atoms with E-state index in [4.69, 9.17) is 5.73 Å². The van der Waals surface area contributed by atoms with Crippen molar-refractivity contribution >= 4 is 44.3 Å². The number of nitrogens with two attached hydrogens (primary N) is 1. The molecule has 1 aromatic rings. The molecule has 80 valence electrons. The Morgan fingerprint density at radius 3 is 2.43 bits per heavy atom. The first kappa shape index (κ1) is 14.2. The van der Waals surface area contributed by atoms with Gasteiger partial charge in [0.1, 0.15) is 12.4 Å². The van der Waals surface area contributed by atoms with Gasteiger partial charge in [0.15, 0.2) is 0 Å². The molecule has 0 aromatic heterocycles. The van der Waals surface area contributed by atoms with Crippen LogP contribution in [0.5, 0.6) is 5.75 Å². The number of rotatable bonds is 2. The third-order valence-corrected chi connectivity index (χ3v) is 2.72. The van der Waals surface area contributed by atoms with E-state index in [1.807, 2.05) is 0 Å². The molecule has 0 aliphatic carbocycles. The Hall–Kier alpha value is 0.160. The van der Waals surface area contributed by atoms with Crippen molar-refractivity contribution in [1.29, 1.82) is 0 Å². The molecule has 0 unspecified atom stereocenters. The molecule has 0 fully saturated rings. The molecule has 0 spiro atoms. The molecule has 3 N–H and O–H groups in total. The highest BCUT2D eigenvalue weighted by molar-refractivity contribution is 9.11. The zero-order valence-electron chi connectivity index (χ0n) is 7.01. The van der Waals surface area contributed by atoms with Crippen LogP contribution in [0, 0.1) is 0 Å². The van der Waals surface area contributed by atoms with Gasteiger partial charge in [0.2, 0.25) is 0 Å². The van der Waals surface area contributed by atoms with Crippen molar-refractivity contribution in [2.24, 2.45) is 5.73 Å². The smallest absolute Gasteiger partial charge is 0.122 e. The van der Waals surface area contributed by atoms with E-state index in [-0.39, 0.29) is 18.2 Å². The fourth-order valence-corrected chi connectivity index (χ4v) is 2.51. The Balaban J connectivity index is 0.00000169. The van der Waals surface area contributed by atoms with E-state index >= 15 is 0 Å². The van der Waals surface area contributed by atoms with Crippen molar-refractivity contribution in [3.8, 4) is 5.75 Å². The van der Waals surface area contributed by atoms with E-state index in [0.717, 1.165) is 0 Å². The zero-order chi connectivity index (χ0) is 10.0. The number of benzene rings is 1. The molecular formula is C8H9Br2ClFNO. The fraction of sp³-hybridized carbons (Fsp3) is 0.250. The van der Waals surface area contributed by atoms with Crippen molar-refractivity contribution < 1.29 is 9.50 Å². The summed E-state index contributed by atoms with van der Waals surface area (Å²) in [6, 6.07) is 2.41. The topological polar surface area (TPSA) is 46.2 Å². The molecule has 0 aliphatic rings. The lowest BCUT2D eigenvalue weighted by Gasteiger charge is -2.12. The van der Waals surface area contributed by atoms with Crippen LogP contribution >= 0.6 is 44.3 Å². The SMILES string of the molecule is Cl.N[C@H](CF)c1c(O)cc(Br)cc1Br.